The van der Waals surface area contributed by atoms with E-state index in [4.69, 9.17) is 5.73 Å². The van der Waals surface area contributed by atoms with Gasteiger partial charge >= 0.3 is 0 Å². The van der Waals surface area contributed by atoms with Crippen molar-refractivity contribution in [3.05, 3.63) is 35.9 Å². The number of hydrogen-bond acceptors (Lipinski definition) is 1. The minimum atomic E-state index is 0.856. The van der Waals surface area contributed by atoms with Crippen LogP contribution in [0.5, 0.6) is 0 Å². The average Bonchev–Trinajstić information content (AvgIpc) is 2.42. The monoisotopic (exact) mass is 249 g/mol. The molecule has 0 aliphatic heterocycles. The highest BCUT2D eigenvalue weighted by Gasteiger charge is 1.95. The van der Waals surface area contributed by atoms with E-state index in [2.05, 4.69) is 35.6 Å². The summed E-state index contributed by atoms with van der Waals surface area (Å²) in [5.74, 6) is 0. The smallest absolute Gasteiger partial charge is 0.101 e. The van der Waals surface area contributed by atoms with E-state index in [1.165, 1.54) is 57.1 Å². The molecule has 0 aliphatic carbocycles. The average molecular weight is 249 g/mol. The van der Waals surface area contributed by atoms with E-state index in [0.717, 1.165) is 13.1 Å². The van der Waals surface area contributed by atoms with Crippen LogP contribution in [0.1, 0.15) is 50.5 Å². The lowest BCUT2D eigenvalue weighted by Gasteiger charge is -2.02. The van der Waals surface area contributed by atoms with Crippen LogP contribution in [0.4, 0.5) is 0 Å². The van der Waals surface area contributed by atoms with Crippen LogP contribution in [0.3, 0.4) is 0 Å². The van der Waals surface area contributed by atoms with Crippen molar-refractivity contribution in [2.75, 3.05) is 13.1 Å². The SMILES string of the molecule is NCCCCCCCCC[NH2+]Cc1ccccc1. The number of benzene rings is 1. The van der Waals surface area contributed by atoms with Gasteiger partial charge in [0.15, 0.2) is 0 Å². The molecule has 0 unspecified atom stereocenters. The maximum absolute atomic E-state index is 5.47. The molecule has 0 saturated heterocycles. The van der Waals surface area contributed by atoms with Gasteiger partial charge in [0.05, 0.1) is 6.54 Å². The summed E-state index contributed by atoms with van der Waals surface area (Å²) in [4.78, 5) is 0. The molecular weight excluding hydrogens is 220 g/mol. The molecule has 102 valence electrons. The fourth-order valence-corrected chi connectivity index (χ4v) is 2.20. The Balaban J connectivity index is 1.82. The van der Waals surface area contributed by atoms with Gasteiger partial charge in [0, 0.05) is 5.56 Å². The van der Waals surface area contributed by atoms with Gasteiger partial charge in [-0.05, 0) is 25.8 Å². The van der Waals surface area contributed by atoms with Gasteiger partial charge in [-0.3, -0.25) is 0 Å². The zero-order chi connectivity index (χ0) is 12.9. The summed E-state index contributed by atoms with van der Waals surface area (Å²) in [5.41, 5.74) is 6.90. The first-order valence-corrected chi connectivity index (χ1v) is 7.49. The Morgan fingerprint density at radius 3 is 2.06 bits per heavy atom. The van der Waals surface area contributed by atoms with Crippen molar-refractivity contribution in [3.8, 4) is 0 Å². The molecule has 0 amide bonds. The first-order valence-electron chi connectivity index (χ1n) is 7.49. The molecule has 1 aromatic carbocycles. The number of rotatable bonds is 11. The van der Waals surface area contributed by atoms with Gasteiger partial charge in [0.2, 0.25) is 0 Å². The Hall–Kier alpha value is -0.860. The zero-order valence-corrected chi connectivity index (χ0v) is 11.6. The highest BCUT2D eigenvalue weighted by Crippen LogP contribution is 2.05. The van der Waals surface area contributed by atoms with E-state index in [0.29, 0.717) is 0 Å². The molecule has 0 heterocycles. The lowest BCUT2D eigenvalue weighted by atomic mass is 10.1. The van der Waals surface area contributed by atoms with Gasteiger partial charge in [0.25, 0.3) is 0 Å². The molecule has 0 spiro atoms. The molecule has 0 radical (unpaired) electrons. The molecule has 0 aliphatic rings. The third-order valence-electron chi connectivity index (χ3n) is 3.34. The summed E-state index contributed by atoms with van der Waals surface area (Å²) in [6, 6.07) is 10.7. The molecule has 4 N–H and O–H groups in total. The molecule has 2 heteroatoms. The van der Waals surface area contributed by atoms with Crippen LogP contribution >= 0.6 is 0 Å². The van der Waals surface area contributed by atoms with E-state index in [1.807, 2.05) is 0 Å². The van der Waals surface area contributed by atoms with Crippen molar-refractivity contribution in [3.63, 3.8) is 0 Å². The second kappa shape index (κ2) is 11.2. The molecule has 1 aromatic rings. The molecule has 0 fully saturated rings. The van der Waals surface area contributed by atoms with Gasteiger partial charge in [-0.2, -0.15) is 0 Å². The van der Waals surface area contributed by atoms with Gasteiger partial charge in [-0.25, -0.2) is 0 Å². The van der Waals surface area contributed by atoms with Crippen molar-refractivity contribution in [1.29, 1.82) is 0 Å². The highest BCUT2D eigenvalue weighted by atomic mass is 14.8. The fourth-order valence-electron chi connectivity index (χ4n) is 2.20. The van der Waals surface area contributed by atoms with E-state index in [1.54, 1.807) is 0 Å². The van der Waals surface area contributed by atoms with Crippen LogP contribution < -0.4 is 11.1 Å². The highest BCUT2D eigenvalue weighted by molar-refractivity contribution is 5.12. The third kappa shape index (κ3) is 8.26. The molecule has 18 heavy (non-hydrogen) atoms. The quantitative estimate of drug-likeness (QED) is 0.581. The molecule has 0 saturated carbocycles. The van der Waals surface area contributed by atoms with Gasteiger partial charge in [-0.15, -0.1) is 0 Å². The summed E-state index contributed by atoms with van der Waals surface area (Å²) < 4.78 is 0. The maximum Gasteiger partial charge on any atom is 0.101 e. The minimum Gasteiger partial charge on any atom is -0.343 e. The van der Waals surface area contributed by atoms with Crippen LogP contribution in [0.2, 0.25) is 0 Å². The predicted octanol–water partition coefficient (Wildman–Crippen LogP) is 2.44. The number of hydrogen-bond donors (Lipinski definition) is 2. The standard InChI is InChI=1S/C16H28N2/c17-13-9-4-2-1-3-5-10-14-18-15-16-11-7-6-8-12-16/h6-8,11-12,18H,1-5,9-10,13-15,17H2/p+1. The lowest BCUT2D eigenvalue weighted by molar-refractivity contribution is -0.671. The fraction of sp³-hybridized carbons (Fsp3) is 0.625. The third-order valence-corrected chi connectivity index (χ3v) is 3.34. The van der Waals surface area contributed by atoms with Crippen LogP contribution in [0.25, 0.3) is 0 Å². The Bertz CT molecular complexity index is 272. The molecular formula is C16H29N2+. The molecule has 0 atom stereocenters. The van der Waals surface area contributed by atoms with Crippen LogP contribution in [0.15, 0.2) is 30.3 Å². The van der Waals surface area contributed by atoms with Gasteiger partial charge < -0.3 is 11.1 Å². The zero-order valence-electron chi connectivity index (χ0n) is 11.6. The first kappa shape index (κ1) is 15.2. The van der Waals surface area contributed by atoms with Crippen molar-refractivity contribution >= 4 is 0 Å². The molecule has 0 bridgehead atoms. The maximum atomic E-state index is 5.47. The van der Waals surface area contributed by atoms with Gasteiger partial charge in [0.1, 0.15) is 6.54 Å². The lowest BCUT2D eigenvalue weighted by Crippen LogP contribution is -2.82. The number of unbranched alkanes of at least 4 members (excludes halogenated alkanes) is 6. The van der Waals surface area contributed by atoms with Crippen molar-refractivity contribution < 1.29 is 5.32 Å². The van der Waals surface area contributed by atoms with Crippen LogP contribution in [-0.4, -0.2) is 13.1 Å². The van der Waals surface area contributed by atoms with E-state index in [9.17, 15) is 0 Å². The van der Waals surface area contributed by atoms with Crippen LogP contribution in [-0.2, 0) is 6.54 Å². The van der Waals surface area contributed by atoms with Gasteiger partial charge in [-0.1, -0.05) is 56.0 Å². The Morgan fingerprint density at radius 1 is 0.778 bits per heavy atom. The normalized spacial score (nSPS) is 10.7. The molecule has 0 aromatic heterocycles. The van der Waals surface area contributed by atoms with Crippen molar-refractivity contribution in [1.82, 2.24) is 0 Å². The molecule has 1 rings (SSSR count). The summed E-state index contributed by atoms with van der Waals surface area (Å²) in [7, 11) is 0. The topological polar surface area (TPSA) is 42.6 Å². The molecule has 2 nitrogen and oxygen atoms in total. The number of quaternary nitrogens is 1. The summed E-state index contributed by atoms with van der Waals surface area (Å²) in [5, 5.41) is 2.42. The largest absolute Gasteiger partial charge is 0.343 e. The summed E-state index contributed by atoms with van der Waals surface area (Å²) >= 11 is 0. The Labute approximate surface area is 112 Å². The minimum absolute atomic E-state index is 0.856. The van der Waals surface area contributed by atoms with E-state index >= 15 is 0 Å². The summed E-state index contributed by atoms with van der Waals surface area (Å²) in [6.45, 7) is 3.24. The first-order chi connectivity index (χ1) is 8.93. The summed E-state index contributed by atoms with van der Waals surface area (Å²) in [6.07, 6.45) is 9.40. The Morgan fingerprint density at radius 2 is 1.39 bits per heavy atom. The second-order valence-electron chi connectivity index (χ2n) is 5.03. The number of nitrogens with two attached hydrogens (primary N) is 2. The Kier molecular flexibility index (Phi) is 9.49. The van der Waals surface area contributed by atoms with E-state index in [-0.39, 0.29) is 0 Å². The van der Waals surface area contributed by atoms with Crippen LogP contribution in [0, 0.1) is 0 Å². The van der Waals surface area contributed by atoms with Crippen molar-refractivity contribution in [2.24, 2.45) is 5.73 Å². The van der Waals surface area contributed by atoms with Crippen molar-refractivity contribution in [2.45, 2.75) is 51.5 Å². The van der Waals surface area contributed by atoms with E-state index < -0.39 is 0 Å². The predicted molar refractivity (Wildman–Crippen MR) is 78.3 cm³/mol. The second-order valence-corrected chi connectivity index (χ2v) is 5.03.